The van der Waals surface area contributed by atoms with Crippen molar-refractivity contribution in [3.63, 3.8) is 0 Å². The lowest BCUT2D eigenvalue weighted by Crippen LogP contribution is -2.60. The number of carbonyl (C=O) groups excluding carboxylic acids is 1. The van der Waals surface area contributed by atoms with Crippen LogP contribution in [0, 0.1) is 0 Å². The van der Waals surface area contributed by atoms with Gasteiger partial charge in [-0.15, -0.1) is 0 Å². The van der Waals surface area contributed by atoms with E-state index in [1.807, 2.05) is 0 Å². The molecule has 0 spiro atoms. The number of aliphatic hydroxyl groups is 1. The van der Waals surface area contributed by atoms with Crippen LogP contribution in [0.4, 0.5) is 0 Å². The summed E-state index contributed by atoms with van der Waals surface area (Å²) in [6, 6.07) is 9.21. The molecule has 2 aromatic rings. The lowest BCUT2D eigenvalue weighted by molar-refractivity contribution is -0.139. The molecule has 1 aromatic carbocycles. The molecule has 0 saturated carbocycles. The van der Waals surface area contributed by atoms with Crippen LogP contribution in [0.2, 0.25) is 0 Å². The summed E-state index contributed by atoms with van der Waals surface area (Å²) in [4.78, 5) is 23.4. The van der Waals surface area contributed by atoms with Crippen molar-refractivity contribution < 1.29 is 14.6 Å². The minimum atomic E-state index is -1.35. The number of rotatable bonds is 2. The first-order chi connectivity index (χ1) is 10.8. The van der Waals surface area contributed by atoms with E-state index < -0.39 is 17.2 Å². The standard InChI is InChI=1S/C18H19NO4/c1-17(2)18(3,22)16(19-9-5-4-6-15(19)21)13-10-12(11-20)7-8-14(13)23-17/h4-11,16,22H,1-3H3. The summed E-state index contributed by atoms with van der Waals surface area (Å²) in [6.45, 7) is 5.21. The Bertz CT molecular complexity index is 820. The molecule has 0 saturated heterocycles. The van der Waals surface area contributed by atoms with E-state index in [4.69, 9.17) is 4.74 Å². The lowest BCUT2D eigenvalue weighted by Gasteiger charge is -2.49. The molecule has 120 valence electrons. The Morgan fingerprint density at radius 3 is 2.61 bits per heavy atom. The van der Waals surface area contributed by atoms with E-state index in [1.54, 1.807) is 57.3 Å². The van der Waals surface area contributed by atoms with Crippen molar-refractivity contribution in [1.29, 1.82) is 0 Å². The predicted octanol–water partition coefficient (Wildman–Crippen LogP) is 2.17. The molecule has 0 bridgehead atoms. The fourth-order valence-corrected chi connectivity index (χ4v) is 3.03. The number of aldehydes is 1. The topological polar surface area (TPSA) is 68.5 Å². The van der Waals surface area contributed by atoms with Crippen molar-refractivity contribution in [3.05, 3.63) is 64.1 Å². The van der Waals surface area contributed by atoms with Gasteiger partial charge in [0.1, 0.15) is 23.2 Å². The molecule has 1 aliphatic heterocycles. The normalized spacial score (nSPS) is 25.3. The molecule has 1 aliphatic rings. The van der Waals surface area contributed by atoms with Gasteiger partial charge in [0, 0.05) is 23.4 Å². The Morgan fingerprint density at radius 1 is 1.22 bits per heavy atom. The highest BCUT2D eigenvalue weighted by molar-refractivity contribution is 5.76. The number of hydrogen-bond acceptors (Lipinski definition) is 4. The third kappa shape index (κ3) is 2.28. The third-order valence-electron chi connectivity index (χ3n) is 4.71. The largest absolute Gasteiger partial charge is 0.484 e. The van der Waals surface area contributed by atoms with Gasteiger partial charge in [0.15, 0.2) is 0 Å². The second kappa shape index (κ2) is 5.06. The number of nitrogens with zero attached hydrogens (tertiary/aromatic N) is 1. The van der Waals surface area contributed by atoms with Gasteiger partial charge in [0.25, 0.3) is 5.56 Å². The van der Waals surface area contributed by atoms with Crippen LogP contribution in [-0.2, 0) is 0 Å². The number of fused-ring (bicyclic) bond motifs is 1. The van der Waals surface area contributed by atoms with Crippen molar-refractivity contribution in [2.45, 2.75) is 38.0 Å². The summed E-state index contributed by atoms with van der Waals surface area (Å²) in [5, 5.41) is 11.2. The van der Waals surface area contributed by atoms with E-state index in [2.05, 4.69) is 0 Å². The van der Waals surface area contributed by atoms with E-state index in [0.29, 0.717) is 16.9 Å². The van der Waals surface area contributed by atoms with Crippen LogP contribution >= 0.6 is 0 Å². The molecule has 1 aromatic heterocycles. The first kappa shape index (κ1) is 15.5. The fourth-order valence-electron chi connectivity index (χ4n) is 3.03. The van der Waals surface area contributed by atoms with Gasteiger partial charge >= 0.3 is 0 Å². The van der Waals surface area contributed by atoms with Crippen molar-refractivity contribution >= 4 is 6.29 Å². The van der Waals surface area contributed by atoms with E-state index in [1.165, 1.54) is 10.6 Å². The zero-order valence-electron chi connectivity index (χ0n) is 13.3. The monoisotopic (exact) mass is 313 g/mol. The van der Waals surface area contributed by atoms with Crippen LogP contribution in [0.15, 0.2) is 47.4 Å². The average Bonchev–Trinajstić information content (AvgIpc) is 2.49. The highest BCUT2D eigenvalue weighted by atomic mass is 16.5. The second-order valence-corrected chi connectivity index (χ2v) is 6.52. The van der Waals surface area contributed by atoms with Crippen molar-refractivity contribution in [2.24, 2.45) is 0 Å². The van der Waals surface area contributed by atoms with Crippen LogP contribution in [0.3, 0.4) is 0 Å². The molecule has 2 atom stereocenters. The van der Waals surface area contributed by atoms with Gasteiger partial charge in [-0.05, 0) is 45.0 Å². The Hall–Kier alpha value is -2.40. The van der Waals surface area contributed by atoms with Crippen LogP contribution < -0.4 is 10.3 Å². The minimum Gasteiger partial charge on any atom is -0.484 e. The molecule has 5 nitrogen and oxygen atoms in total. The quantitative estimate of drug-likeness (QED) is 0.863. The van der Waals surface area contributed by atoms with E-state index in [0.717, 1.165) is 6.29 Å². The number of benzene rings is 1. The van der Waals surface area contributed by atoms with Crippen molar-refractivity contribution in [3.8, 4) is 5.75 Å². The lowest BCUT2D eigenvalue weighted by atomic mass is 9.75. The van der Waals surface area contributed by atoms with E-state index in [9.17, 15) is 14.7 Å². The van der Waals surface area contributed by atoms with E-state index in [-0.39, 0.29) is 5.56 Å². The summed E-state index contributed by atoms with van der Waals surface area (Å²) in [6.07, 6.45) is 2.37. The average molecular weight is 313 g/mol. The molecule has 23 heavy (non-hydrogen) atoms. The Kier molecular flexibility index (Phi) is 3.41. The molecule has 3 rings (SSSR count). The minimum absolute atomic E-state index is 0.224. The molecular formula is C18H19NO4. The molecule has 5 heteroatoms. The van der Waals surface area contributed by atoms with Crippen LogP contribution in [0.5, 0.6) is 5.75 Å². The zero-order chi connectivity index (χ0) is 16.8. The van der Waals surface area contributed by atoms with Crippen molar-refractivity contribution in [1.82, 2.24) is 4.57 Å². The Balaban J connectivity index is 2.33. The molecule has 0 amide bonds. The molecule has 2 unspecified atom stereocenters. The number of aromatic nitrogens is 1. The summed E-state index contributed by atoms with van der Waals surface area (Å²) in [7, 11) is 0. The second-order valence-electron chi connectivity index (χ2n) is 6.52. The smallest absolute Gasteiger partial charge is 0.251 e. The molecule has 2 heterocycles. The maximum Gasteiger partial charge on any atom is 0.251 e. The number of pyridine rings is 1. The fraction of sp³-hybridized carbons (Fsp3) is 0.333. The summed E-state index contributed by atoms with van der Waals surface area (Å²) in [5.41, 5.74) is -1.41. The zero-order valence-corrected chi connectivity index (χ0v) is 13.3. The SMILES string of the molecule is CC1(C)Oc2ccc(C=O)cc2C(n2ccccc2=O)C1(C)O. The highest BCUT2D eigenvalue weighted by Crippen LogP contribution is 2.47. The van der Waals surface area contributed by atoms with Crippen LogP contribution in [0.1, 0.15) is 42.7 Å². The Morgan fingerprint density at radius 2 is 1.96 bits per heavy atom. The maximum absolute atomic E-state index is 12.3. The first-order valence-corrected chi connectivity index (χ1v) is 7.45. The maximum atomic E-state index is 12.3. The number of hydrogen-bond donors (Lipinski definition) is 1. The van der Waals surface area contributed by atoms with Crippen LogP contribution in [0.25, 0.3) is 0 Å². The summed E-state index contributed by atoms with van der Waals surface area (Å²) in [5.74, 6) is 0.563. The Labute approximate surface area is 134 Å². The molecule has 0 fully saturated rings. The number of ether oxygens (including phenoxy) is 1. The van der Waals surface area contributed by atoms with Gasteiger partial charge in [0.2, 0.25) is 0 Å². The highest BCUT2D eigenvalue weighted by Gasteiger charge is 2.53. The third-order valence-corrected chi connectivity index (χ3v) is 4.71. The van der Waals surface area contributed by atoms with Gasteiger partial charge in [0.05, 0.1) is 6.04 Å². The molecule has 0 radical (unpaired) electrons. The van der Waals surface area contributed by atoms with E-state index >= 15 is 0 Å². The van der Waals surface area contributed by atoms with Crippen molar-refractivity contribution in [2.75, 3.05) is 0 Å². The first-order valence-electron chi connectivity index (χ1n) is 7.45. The summed E-state index contributed by atoms with van der Waals surface area (Å²) >= 11 is 0. The predicted molar refractivity (Wildman–Crippen MR) is 86.0 cm³/mol. The van der Waals surface area contributed by atoms with Gasteiger partial charge in [-0.1, -0.05) is 6.07 Å². The summed E-state index contributed by atoms with van der Waals surface area (Å²) < 4.78 is 7.43. The van der Waals surface area contributed by atoms with Gasteiger partial charge in [-0.2, -0.15) is 0 Å². The number of carbonyl (C=O) groups is 1. The van der Waals surface area contributed by atoms with Crippen LogP contribution in [-0.4, -0.2) is 27.2 Å². The van der Waals surface area contributed by atoms with Gasteiger partial charge in [-0.3, -0.25) is 9.59 Å². The molecule has 1 N–H and O–H groups in total. The van der Waals surface area contributed by atoms with Gasteiger partial charge in [-0.25, -0.2) is 0 Å². The molecular weight excluding hydrogens is 294 g/mol. The molecule has 0 aliphatic carbocycles. The van der Waals surface area contributed by atoms with Gasteiger partial charge < -0.3 is 14.4 Å².